The maximum atomic E-state index is 6.92. The Kier molecular flexibility index (Phi) is 3.68. The summed E-state index contributed by atoms with van der Waals surface area (Å²) in [4.78, 5) is 8.74. The van der Waals surface area contributed by atoms with E-state index in [0.29, 0.717) is 12.4 Å². The van der Waals surface area contributed by atoms with Crippen LogP contribution in [0, 0.1) is 18.4 Å². The van der Waals surface area contributed by atoms with Crippen LogP contribution in [0.25, 0.3) is 16.1 Å². The highest BCUT2D eigenvalue weighted by Crippen LogP contribution is 2.19. The second kappa shape index (κ2) is 5.60. The van der Waals surface area contributed by atoms with E-state index in [2.05, 4.69) is 31.9 Å². The number of aromatic nitrogens is 4. The van der Waals surface area contributed by atoms with E-state index in [1.54, 1.807) is 24.5 Å². The number of hydrogen-bond acceptors (Lipinski definition) is 3. The van der Waals surface area contributed by atoms with Crippen molar-refractivity contribution < 1.29 is 0 Å². The van der Waals surface area contributed by atoms with Gasteiger partial charge in [0, 0.05) is 6.42 Å². The zero-order chi connectivity index (χ0) is 12.8. The minimum absolute atomic E-state index is 0.354. The van der Waals surface area contributed by atoms with Gasteiger partial charge in [0.2, 0.25) is 0 Å². The fraction of sp³-hybridized carbons (Fsp3) is 0.231. The molecule has 0 N–H and O–H groups in total. The Bertz CT molecular complexity index is 639. The molecule has 2 aromatic rings. The lowest BCUT2D eigenvalue weighted by atomic mass is 10.2. The first kappa shape index (κ1) is 11.8. The second-order valence-electron chi connectivity index (χ2n) is 3.48. The quantitative estimate of drug-likeness (QED) is 0.594. The topological polar surface area (TPSA) is 48.0 Å². The van der Waals surface area contributed by atoms with Crippen LogP contribution < -0.4 is 0 Å². The van der Waals surface area contributed by atoms with E-state index >= 15 is 0 Å². The highest BCUT2D eigenvalue weighted by atomic mass is 15.5. The van der Waals surface area contributed by atoms with Crippen LogP contribution in [-0.4, -0.2) is 20.0 Å². The van der Waals surface area contributed by atoms with Crippen molar-refractivity contribution in [2.24, 2.45) is 0 Å². The van der Waals surface area contributed by atoms with Crippen molar-refractivity contribution in [1.29, 1.82) is 0 Å². The molecule has 0 aliphatic carbocycles. The summed E-state index contributed by atoms with van der Waals surface area (Å²) >= 11 is 0. The molecular formula is C13H11N5. The van der Waals surface area contributed by atoms with Gasteiger partial charge in [0.1, 0.15) is 18.4 Å². The van der Waals surface area contributed by atoms with Crippen LogP contribution in [0.3, 0.4) is 0 Å². The normalized spacial score (nSPS) is 9.33. The Balaban J connectivity index is 2.21. The third kappa shape index (κ3) is 2.72. The van der Waals surface area contributed by atoms with Crippen LogP contribution in [-0.2, 0) is 6.54 Å². The zero-order valence-electron chi connectivity index (χ0n) is 9.96. The molecular weight excluding hydrogens is 226 g/mol. The smallest absolute Gasteiger partial charge is 0.270 e. The highest BCUT2D eigenvalue weighted by Gasteiger charge is 2.04. The molecule has 0 fully saturated rings. The Hall–Kier alpha value is -2.66. The Morgan fingerprint density at radius 1 is 1.44 bits per heavy atom. The van der Waals surface area contributed by atoms with E-state index in [1.165, 1.54) is 4.80 Å². The molecule has 0 spiro atoms. The first-order chi connectivity index (χ1) is 8.83. The number of pyridine rings is 1. The van der Waals surface area contributed by atoms with Gasteiger partial charge in [0.15, 0.2) is 0 Å². The van der Waals surface area contributed by atoms with E-state index in [-0.39, 0.29) is 0 Å². The summed E-state index contributed by atoms with van der Waals surface area (Å²) in [5.74, 6) is 6.28. The summed E-state index contributed by atoms with van der Waals surface area (Å²) in [5, 5.41) is 8.43. The Morgan fingerprint density at radius 3 is 3.11 bits per heavy atom. The van der Waals surface area contributed by atoms with Crippen molar-refractivity contribution in [3.05, 3.63) is 35.9 Å². The molecule has 2 heterocycles. The fourth-order valence-corrected chi connectivity index (χ4v) is 1.40. The number of hydrogen-bond donors (Lipinski definition) is 0. The lowest BCUT2D eigenvalue weighted by Crippen LogP contribution is -1.99. The monoisotopic (exact) mass is 237 g/mol. The van der Waals surface area contributed by atoms with Crippen molar-refractivity contribution in [3.8, 4) is 23.1 Å². The maximum Gasteiger partial charge on any atom is 0.270 e. The van der Waals surface area contributed by atoms with Gasteiger partial charge in [-0.3, -0.25) is 0 Å². The molecule has 0 atom stereocenters. The predicted molar refractivity (Wildman–Crippen MR) is 67.6 cm³/mol. The summed E-state index contributed by atoms with van der Waals surface area (Å²) in [6.07, 6.45) is 4.09. The highest BCUT2D eigenvalue weighted by molar-refractivity contribution is 5.61. The molecule has 0 bridgehead atoms. The van der Waals surface area contributed by atoms with Crippen LogP contribution in [0.15, 0.2) is 24.5 Å². The van der Waals surface area contributed by atoms with Gasteiger partial charge in [0.05, 0.1) is 6.20 Å². The molecule has 0 saturated heterocycles. The summed E-state index contributed by atoms with van der Waals surface area (Å²) in [6, 6.07) is 3.50. The Morgan fingerprint density at radius 2 is 2.33 bits per heavy atom. The first-order valence-corrected chi connectivity index (χ1v) is 5.53. The van der Waals surface area contributed by atoms with Crippen LogP contribution in [0.4, 0.5) is 5.82 Å². The number of rotatable bonds is 2. The minimum atomic E-state index is 0.354. The van der Waals surface area contributed by atoms with Gasteiger partial charge >= 0.3 is 0 Å². The van der Waals surface area contributed by atoms with Gasteiger partial charge in [0.25, 0.3) is 5.82 Å². The van der Waals surface area contributed by atoms with Gasteiger partial charge in [-0.2, -0.15) is 15.0 Å². The minimum Gasteiger partial charge on any atom is -0.361 e. The lowest BCUT2D eigenvalue weighted by Gasteiger charge is -1.94. The van der Waals surface area contributed by atoms with E-state index < -0.39 is 0 Å². The van der Waals surface area contributed by atoms with Crippen molar-refractivity contribution in [2.75, 3.05) is 0 Å². The van der Waals surface area contributed by atoms with Gasteiger partial charge in [-0.15, -0.1) is 10.9 Å². The third-order valence-corrected chi connectivity index (χ3v) is 2.21. The van der Waals surface area contributed by atoms with Gasteiger partial charge in [-0.25, -0.2) is 0 Å². The molecule has 5 heteroatoms. The molecule has 2 rings (SSSR count). The van der Waals surface area contributed by atoms with Crippen molar-refractivity contribution in [3.63, 3.8) is 0 Å². The molecule has 0 unspecified atom stereocenters. The molecule has 0 aliphatic rings. The fourth-order valence-electron chi connectivity index (χ4n) is 1.40. The SMILES string of the molecule is [C-]#[N+]c1cc(-c2cnn(CC#CCC)n2)ccn1. The van der Waals surface area contributed by atoms with Crippen LogP contribution in [0.1, 0.15) is 13.3 Å². The second-order valence-corrected chi connectivity index (χ2v) is 3.48. The molecule has 0 aromatic carbocycles. The first-order valence-electron chi connectivity index (χ1n) is 5.53. The Labute approximate surface area is 105 Å². The van der Waals surface area contributed by atoms with Crippen LogP contribution >= 0.6 is 0 Å². The molecule has 5 nitrogen and oxygen atoms in total. The lowest BCUT2D eigenvalue weighted by molar-refractivity contribution is 0.613. The molecule has 2 aromatic heterocycles. The van der Waals surface area contributed by atoms with E-state index in [4.69, 9.17) is 6.57 Å². The largest absolute Gasteiger partial charge is 0.361 e. The average Bonchev–Trinajstić information content (AvgIpc) is 2.88. The number of nitrogens with zero attached hydrogens (tertiary/aromatic N) is 5. The van der Waals surface area contributed by atoms with E-state index in [0.717, 1.165) is 17.7 Å². The summed E-state index contributed by atoms with van der Waals surface area (Å²) < 4.78 is 0. The third-order valence-electron chi connectivity index (χ3n) is 2.21. The maximum absolute atomic E-state index is 6.92. The van der Waals surface area contributed by atoms with Crippen LogP contribution in [0.2, 0.25) is 0 Å². The van der Waals surface area contributed by atoms with Crippen molar-refractivity contribution in [2.45, 2.75) is 19.9 Å². The molecule has 0 radical (unpaired) electrons. The predicted octanol–water partition coefficient (Wildman–Crippen LogP) is 2.30. The molecule has 0 aliphatic heterocycles. The average molecular weight is 237 g/mol. The van der Waals surface area contributed by atoms with Gasteiger partial charge < -0.3 is 4.85 Å². The summed E-state index contributed by atoms with van der Waals surface area (Å²) in [6.45, 7) is 9.40. The van der Waals surface area contributed by atoms with Crippen molar-refractivity contribution >= 4 is 5.82 Å². The van der Waals surface area contributed by atoms with Crippen LogP contribution in [0.5, 0.6) is 0 Å². The zero-order valence-corrected chi connectivity index (χ0v) is 9.96. The molecule has 18 heavy (non-hydrogen) atoms. The van der Waals surface area contributed by atoms with Crippen molar-refractivity contribution in [1.82, 2.24) is 20.0 Å². The van der Waals surface area contributed by atoms with Gasteiger partial charge in [-0.05, 0) is 17.7 Å². The van der Waals surface area contributed by atoms with E-state index in [1.807, 2.05) is 6.92 Å². The standard InChI is InChI=1S/C13H11N5/c1-3-4-5-8-18-16-10-12(17-18)11-6-7-15-13(9-11)14-2/h6-7,9-10H,3,8H2,1H3. The molecule has 0 amide bonds. The van der Waals surface area contributed by atoms with Gasteiger partial charge in [-0.1, -0.05) is 19.4 Å². The summed E-state index contributed by atoms with van der Waals surface area (Å²) in [7, 11) is 0. The summed E-state index contributed by atoms with van der Waals surface area (Å²) in [5.41, 5.74) is 1.56. The van der Waals surface area contributed by atoms with E-state index in [9.17, 15) is 0 Å². The molecule has 88 valence electrons. The molecule has 0 saturated carbocycles.